The molecule has 2 saturated heterocycles. The fourth-order valence-electron chi connectivity index (χ4n) is 4.50. The third-order valence-electron chi connectivity index (χ3n) is 6.57. The third kappa shape index (κ3) is 5.80. The maximum Gasteiger partial charge on any atom is 0.254 e. The highest BCUT2D eigenvalue weighted by Gasteiger charge is 2.34. The predicted octanol–water partition coefficient (Wildman–Crippen LogP) is 3.58. The minimum atomic E-state index is -1.14. The molecule has 0 aromatic heterocycles. The van der Waals surface area contributed by atoms with Crippen molar-refractivity contribution in [2.45, 2.75) is 12.8 Å². The number of nitrogens with zero attached hydrogens (tertiary/aromatic N) is 3. The van der Waals surface area contributed by atoms with Crippen molar-refractivity contribution in [3.05, 3.63) is 68.0 Å². The molecule has 5 nitrogen and oxygen atoms in total. The molecule has 182 valence electrons. The summed E-state index contributed by atoms with van der Waals surface area (Å²) < 4.78 is 43.7. The number of carbonyl (C=O) groups is 2. The van der Waals surface area contributed by atoms with Crippen LogP contribution in [0.25, 0.3) is 0 Å². The first kappa shape index (κ1) is 25.1. The Hall–Kier alpha value is -1.98. The summed E-state index contributed by atoms with van der Waals surface area (Å²) in [7, 11) is 2.06. The van der Waals surface area contributed by atoms with Crippen molar-refractivity contribution in [3.63, 3.8) is 0 Å². The quantitative estimate of drug-likeness (QED) is 0.467. The molecule has 0 unspecified atom stereocenters. The molecule has 1 amide bonds. The lowest BCUT2D eigenvalue weighted by Crippen LogP contribution is -2.52. The number of likely N-dealkylation sites (N-methyl/N-ethyl adjacent to an activating group) is 1. The molecule has 2 fully saturated rings. The van der Waals surface area contributed by atoms with Crippen LogP contribution in [-0.2, 0) is 11.2 Å². The Morgan fingerprint density at radius 1 is 1.00 bits per heavy atom. The number of likely N-dealkylation sites (tertiary alicyclic amines) is 1. The van der Waals surface area contributed by atoms with Crippen molar-refractivity contribution >= 4 is 34.3 Å². The SMILES string of the molecule is CN1CCN(CC(=O)CC2CN(C(=O)c3ccc(F)c(F)c3Cc3ccc(I)cc3F)C2)CC1. The van der Waals surface area contributed by atoms with E-state index in [-0.39, 0.29) is 34.8 Å². The largest absolute Gasteiger partial charge is 0.338 e. The number of halogens is 4. The Morgan fingerprint density at radius 2 is 1.71 bits per heavy atom. The zero-order valence-electron chi connectivity index (χ0n) is 19.0. The van der Waals surface area contributed by atoms with E-state index in [4.69, 9.17) is 0 Å². The van der Waals surface area contributed by atoms with Gasteiger partial charge < -0.3 is 9.80 Å². The molecule has 34 heavy (non-hydrogen) atoms. The average Bonchev–Trinajstić information content (AvgIpc) is 2.76. The Kier molecular flexibility index (Phi) is 7.94. The Bertz CT molecular complexity index is 1080. The maximum atomic E-state index is 14.7. The second kappa shape index (κ2) is 10.7. The van der Waals surface area contributed by atoms with E-state index in [1.54, 1.807) is 6.07 Å². The van der Waals surface area contributed by atoms with Gasteiger partial charge in [0.15, 0.2) is 11.6 Å². The van der Waals surface area contributed by atoms with Gasteiger partial charge in [0.05, 0.1) is 6.54 Å². The van der Waals surface area contributed by atoms with Crippen LogP contribution in [-0.4, -0.2) is 79.3 Å². The molecule has 2 aliphatic rings. The molecular formula is C25H27F3IN3O2. The minimum Gasteiger partial charge on any atom is -0.338 e. The van der Waals surface area contributed by atoms with Crippen LogP contribution >= 0.6 is 22.6 Å². The van der Waals surface area contributed by atoms with Gasteiger partial charge in [-0.3, -0.25) is 14.5 Å². The molecule has 0 aliphatic carbocycles. The van der Waals surface area contributed by atoms with Gasteiger partial charge in [-0.1, -0.05) is 6.07 Å². The summed E-state index contributed by atoms with van der Waals surface area (Å²) in [4.78, 5) is 31.4. The van der Waals surface area contributed by atoms with Crippen LogP contribution < -0.4 is 0 Å². The Labute approximate surface area is 211 Å². The van der Waals surface area contributed by atoms with Crippen LogP contribution in [0.4, 0.5) is 13.2 Å². The number of piperazine rings is 1. The first-order chi connectivity index (χ1) is 16.2. The number of carbonyl (C=O) groups excluding carboxylic acids is 2. The number of ketones is 1. The van der Waals surface area contributed by atoms with Crippen molar-refractivity contribution in [1.82, 2.24) is 14.7 Å². The summed E-state index contributed by atoms with van der Waals surface area (Å²) in [5.74, 6) is -2.95. The zero-order chi connectivity index (χ0) is 24.4. The second-order valence-corrected chi connectivity index (χ2v) is 10.4. The highest BCUT2D eigenvalue weighted by molar-refractivity contribution is 14.1. The number of amides is 1. The smallest absolute Gasteiger partial charge is 0.254 e. The summed E-state index contributed by atoms with van der Waals surface area (Å²) in [6.07, 6.45) is 0.169. The van der Waals surface area contributed by atoms with Gasteiger partial charge in [0, 0.05) is 72.7 Å². The van der Waals surface area contributed by atoms with E-state index in [1.807, 2.05) is 22.6 Å². The van der Waals surface area contributed by atoms with E-state index >= 15 is 0 Å². The molecular weight excluding hydrogens is 558 g/mol. The summed E-state index contributed by atoms with van der Waals surface area (Å²) >= 11 is 1.97. The van der Waals surface area contributed by atoms with Crippen LogP contribution in [0.2, 0.25) is 0 Å². The number of benzene rings is 2. The van der Waals surface area contributed by atoms with Crippen molar-refractivity contribution in [3.8, 4) is 0 Å². The molecule has 9 heteroatoms. The average molecular weight is 585 g/mol. The lowest BCUT2D eigenvalue weighted by molar-refractivity contribution is -0.122. The summed E-state index contributed by atoms with van der Waals surface area (Å²) in [6, 6.07) is 6.69. The zero-order valence-corrected chi connectivity index (χ0v) is 21.2. The third-order valence-corrected chi connectivity index (χ3v) is 7.24. The second-order valence-electron chi connectivity index (χ2n) is 9.20. The molecule has 2 aliphatic heterocycles. The van der Waals surface area contributed by atoms with E-state index in [0.29, 0.717) is 29.6 Å². The van der Waals surface area contributed by atoms with Crippen LogP contribution in [0.15, 0.2) is 30.3 Å². The minimum absolute atomic E-state index is 0.0269. The lowest BCUT2D eigenvalue weighted by Gasteiger charge is -2.40. The number of hydrogen-bond acceptors (Lipinski definition) is 4. The van der Waals surface area contributed by atoms with Crippen molar-refractivity contribution < 1.29 is 22.8 Å². The number of hydrogen-bond donors (Lipinski definition) is 0. The van der Waals surface area contributed by atoms with E-state index in [1.165, 1.54) is 23.1 Å². The van der Waals surface area contributed by atoms with Crippen LogP contribution in [0.5, 0.6) is 0 Å². The predicted molar refractivity (Wildman–Crippen MR) is 131 cm³/mol. The molecule has 2 heterocycles. The summed E-state index contributed by atoms with van der Waals surface area (Å²) in [6.45, 7) is 4.85. The first-order valence-corrected chi connectivity index (χ1v) is 12.4. The Balaban J connectivity index is 1.38. The lowest BCUT2D eigenvalue weighted by atomic mass is 9.91. The normalized spacial score (nSPS) is 17.6. The molecule has 0 spiro atoms. The Morgan fingerprint density at radius 3 is 2.38 bits per heavy atom. The van der Waals surface area contributed by atoms with Crippen LogP contribution in [0, 0.1) is 26.9 Å². The highest BCUT2D eigenvalue weighted by atomic mass is 127. The standard InChI is InChI=1S/C25H27F3IN3O2/c1-30-6-8-31(9-7-30)15-19(33)10-16-13-32(14-16)25(34)20-4-5-22(26)24(28)21(20)11-17-2-3-18(29)12-23(17)27/h2-5,12,16H,6-11,13-15H2,1H3. The van der Waals surface area contributed by atoms with Gasteiger partial charge in [0.2, 0.25) is 0 Å². The van der Waals surface area contributed by atoms with Crippen molar-refractivity contribution in [2.24, 2.45) is 5.92 Å². The molecule has 0 radical (unpaired) electrons. The van der Waals surface area contributed by atoms with Gasteiger partial charge in [-0.15, -0.1) is 0 Å². The number of Topliss-reactive ketones (excluding diaryl/α,β-unsaturated/α-hetero) is 1. The maximum absolute atomic E-state index is 14.7. The molecule has 2 aromatic carbocycles. The topological polar surface area (TPSA) is 43.9 Å². The van der Waals surface area contributed by atoms with Crippen molar-refractivity contribution in [2.75, 3.05) is 52.9 Å². The van der Waals surface area contributed by atoms with Gasteiger partial charge in [-0.05, 0) is 59.5 Å². The molecule has 4 rings (SSSR count). The van der Waals surface area contributed by atoms with Gasteiger partial charge in [-0.2, -0.15) is 0 Å². The molecule has 0 saturated carbocycles. The molecule has 0 N–H and O–H groups in total. The molecule has 0 atom stereocenters. The summed E-state index contributed by atoms with van der Waals surface area (Å²) in [5, 5.41) is 0. The first-order valence-electron chi connectivity index (χ1n) is 11.3. The highest BCUT2D eigenvalue weighted by Crippen LogP contribution is 2.27. The van der Waals surface area contributed by atoms with Crippen LogP contribution in [0.3, 0.4) is 0 Å². The van der Waals surface area contributed by atoms with Gasteiger partial charge >= 0.3 is 0 Å². The monoisotopic (exact) mass is 585 g/mol. The molecule has 2 aromatic rings. The van der Waals surface area contributed by atoms with Gasteiger partial charge in [0.25, 0.3) is 5.91 Å². The summed E-state index contributed by atoms with van der Waals surface area (Å²) in [5.41, 5.74) is 0.0636. The van der Waals surface area contributed by atoms with Gasteiger partial charge in [-0.25, -0.2) is 13.2 Å². The van der Waals surface area contributed by atoms with Crippen LogP contribution in [0.1, 0.15) is 27.9 Å². The van der Waals surface area contributed by atoms with E-state index < -0.39 is 23.4 Å². The molecule has 0 bridgehead atoms. The fraction of sp³-hybridized carbons (Fsp3) is 0.440. The van der Waals surface area contributed by atoms with Gasteiger partial charge in [0.1, 0.15) is 11.6 Å². The van der Waals surface area contributed by atoms with E-state index in [9.17, 15) is 22.8 Å². The van der Waals surface area contributed by atoms with E-state index in [0.717, 1.165) is 32.2 Å². The fourth-order valence-corrected chi connectivity index (χ4v) is 4.95. The van der Waals surface area contributed by atoms with E-state index in [2.05, 4.69) is 16.8 Å². The van der Waals surface area contributed by atoms with Crippen molar-refractivity contribution in [1.29, 1.82) is 0 Å². The number of rotatable bonds is 7.